The number of carbonyl (C=O) groups is 4. The molecule has 2 amide bonds. The average Bonchev–Trinajstić information content (AvgIpc) is 3.63. The molecular weight excluding hydrogens is 596 g/mol. The summed E-state index contributed by atoms with van der Waals surface area (Å²) in [5.41, 5.74) is 8.73. The van der Waals surface area contributed by atoms with Gasteiger partial charge in [0.25, 0.3) is 5.91 Å². The van der Waals surface area contributed by atoms with Gasteiger partial charge < -0.3 is 35.9 Å². The van der Waals surface area contributed by atoms with Crippen molar-refractivity contribution in [2.75, 3.05) is 6.61 Å². The quantitative estimate of drug-likeness (QED) is 0.146. The monoisotopic (exact) mass is 638 g/mol. The van der Waals surface area contributed by atoms with Crippen molar-refractivity contribution in [1.29, 1.82) is 0 Å². The molecule has 242 valence electrons. The molecule has 1 saturated heterocycles. The fourth-order valence-electron chi connectivity index (χ4n) is 6.60. The van der Waals surface area contributed by atoms with Gasteiger partial charge >= 0.3 is 11.9 Å². The second-order valence-corrected chi connectivity index (χ2v) is 12.8. The first-order valence-corrected chi connectivity index (χ1v) is 15.6. The zero-order valence-corrected chi connectivity index (χ0v) is 26.9. The largest absolute Gasteiger partial charge is 0.481 e. The second kappa shape index (κ2) is 13.9. The van der Waals surface area contributed by atoms with Crippen molar-refractivity contribution in [3.05, 3.63) is 74.5 Å². The van der Waals surface area contributed by atoms with Crippen LogP contribution in [0, 0.1) is 25.7 Å². The number of hydrogen-bond acceptors (Lipinski definition) is 6. The van der Waals surface area contributed by atoms with E-state index in [4.69, 9.17) is 0 Å². The van der Waals surface area contributed by atoms with E-state index in [2.05, 4.69) is 39.8 Å². The molecule has 0 saturated carbocycles. The SMILES string of the molecule is C=CC1=C(C)[C@@H](Cc2[nH]c(Cc3[nH]c(/C=C4\NC(=O)[C@H](CO)[C@H]4C(C)S)c(C)c3CCC(=O)O)c(CCC(=O)O)c2C)NC1=O. The Hall–Kier alpha value is -4.03. The Morgan fingerprint density at radius 1 is 0.978 bits per heavy atom. The molecule has 4 heterocycles. The normalized spacial score (nSPS) is 21.4. The first-order valence-electron chi connectivity index (χ1n) is 15.1. The standard InChI is InChI=1S/C33H42N4O7S/c1-6-19-15(2)25(36-32(19)43)11-23-16(3)20(7-9-29(39)40)26(34-23)13-27-21(8-10-30(41)42)17(4)24(35-27)12-28-31(18(5)45)22(14-38)33(44)37-28/h6,12,18,22,25,31,34-35,38,45H,1,7-11,13-14H2,2-5H3,(H,36,43)(H,37,44)(H,39,40)(H,41,42)/b28-12-/t18?,22-,25-,31-/m1/s1. The Morgan fingerprint density at radius 2 is 1.58 bits per heavy atom. The van der Waals surface area contributed by atoms with Gasteiger partial charge in [-0.1, -0.05) is 19.6 Å². The topological polar surface area (TPSA) is 185 Å². The molecule has 0 aliphatic carbocycles. The van der Waals surface area contributed by atoms with Crippen molar-refractivity contribution >= 4 is 42.5 Å². The van der Waals surface area contributed by atoms with Gasteiger partial charge in [0.2, 0.25) is 5.91 Å². The van der Waals surface area contributed by atoms with Crippen LogP contribution in [0.4, 0.5) is 0 Å². The number of carbonyl (C=O) groups excluding carboxylic acids is 2. The Balaban J connectivity index is 1.76. The minimum Gasteiger partial charge on any atom is -0.481 e. The third-order valence-electron chi connectivity index (χ3n) is 9.13. The summed E-state index contributed by atoms with van der Waals surface area (Å²) in [4.78, 5) is 55.1. The smallest absolute Gasteiger partial charge is 0.303 e. The molecule has 2 aliphatic heterocycles. The minimum absolute atomic E-state index is 0.0627. The maximum atomic E-state index is 12.6. The van der Waals surface area contributed by atoms with E-state index in [1.165, 1.54) is 0 Å². The highest BCUT2D eigenvalue weighted by Gasteiger charge is 2.40. The predicted molar refractivity (Wildman–Crippen MR) is 173 cm³/mol. The van der Waals surface area contributed by atoms with Crippen molar-refractivity contribution in [3.8, 4) is 0 Å². The number of aromatic amines is 2. The molecular formula is C33H42N4O7S. The first-order chi connectivity index (χ1) is 21.3. The summed E-state index contributed by atoms with van der Waals surface area (Å²) < 4.78 is 0. The van der Waals surface area contributed by atoms with Crippen LogP contribution in [0.5, 0.6) is 0 Å². The van der Waals surface area contributed by atoms with Crippen molar-refractivity contribution in [3.63, 3.8) is 0 Å². The van der Waals surface area contributed by atoms with E-state index >= 15 is 0 Å². The summed E-state index contributed by atoms with van der Waals surface area (Å²) in [5, 5.41) is 34.5. The summed E-state index contributed by atoms with van der Waals surface area (Å²) in [6.07, 6.45) is 4.66. The maximum absolute atomic E-state index is 12.6. The number of nitrogens with one attached hydrogen (secondary N) is 4. The van der Waals surface area contributed by atoms with Crippen molar-refractivity contribution in [2.24, 2.45) is 11.8 Å². The number of amides is 2. The molecule has 0 spiro atoms. The highest BCUT2D eigenvalue weighted by molar-refractivity contribution is 7.80. The fraction of sp³-hybridized carbons (Fsp3) is 0.455. The lowest BCUT2D eigenvalue weighted by atomic mass is 9.90. The summed E-state index contributed by atoms with van der Waals surface area (Å²) in [5.74, 6) is -3.24. The number of aliphatic carboxylic acids is 2. The molecule has 2 aliphatic rings. The highest BCUT2D eigenvalue weighted by atomic mass is 32.1. The fourth-order valence-corrected chi connectivity index (χ4v) is 6.97. The van der Waals surface area contributed by atoms with Gasteiger partial charge in [-0.05, 0) is 67.5 Å². The van der Waals surface area contributed by atoms with Crippen LogP contribution in [0.15, 0.2) is 29.5 Å². The van der Waals surface area contributed by atoms with Crippen LogP contribution in [0.2, 0.25) is 0 Å². The molecule has 7 N–H and O–H groups in total. The van der Waals surface area contributed by atoms with E-state index in [1.54, 1.807) is 6.08 Å². The van der Waals surface area contributed by atoms with Crippen molar-refractivity contribution in [2.45, 2.75) is 77.5 Å². The number of carboxylic acid groups (broad SMARTS) is 2. The molecule has 45 heavy (non-hydrogen) atoms. The Morgan fingerprint density at radius 3 is 2.11 bits per heavy atom. The van der Waals surface area contributed by atoms with Gasteiger partial charge in [-0.25, -0.2) is 0 Å². The summed E-state index contributed by atoms with van der Waals surface area (Å²) in [6.45, 7) is 11.0. The zero-order valence-electron chi connectivity index (χ0n) is 26.0. The van der Waals surface area contributed by atoms with E-state index in [9.17, 15) is 34.5 Å². The molecule has 0 aromatic carbocycles. The Bertz CT molecular complexity index is 1600. The average molecular weight is 639 g/mol. The number of aliphatic hydroxyl groups is 1. The van der Waals surface area contributed by atoms with Crippen LogP contribution >= 0.6 is 12.6 Å². The van der Waals surface area contributed by atoms with Gasteiger partial charge in [-0.3, -0.25) is 19.2 Å². The molecule has 12 heteroatoms. The van der Waals surface area contributed by atoms with Crippen LogP contribution in [0.3, 0.4) is 0 Å². The highest BCUT2D eigenvalue weighted by Crippen LogP contribution is 2.35. The molecule has 1 fully saturated rings. The molecule has 1 unspecified atom stereocenters. The minimum atomic E-state index is -0.930. The molecule has 4 rings (SSSR count). The van der Waals surface area contributed by atoms with Gasteiger partial charge in [-0.15, -0.1) is 0 Å². The lowest BCUT2D eigenvalue weighted by Gasteiger charge is -2.19. The summed E-state index contributed by atoms with van der Waals surface area (Å²) in [7, 11) is 0. The molecule has 0 bridgehead atoms. The first kappa shape index (κ1) is 33.9. The van der Waals surface area contributed by atoms with Crippen LogP contribution in [0.25, 0.3) is 6.08 Å². The van der Waals surface area contributed by atoms with E-state index in [-0.39, 0.29) is 54.9 Å². The van der Waals surface area contributed by atoms with Gasteiger partial charge in [0, 0.05) is 70.9 Å². The van der Waals surface area contributed by atoms with Gasteiger partial charge in [0.15, 0.2) is 0 Å². The number of rotatable bonds is 14. The third kappa shape index (κ3) is 7.12. The molecule has 11 nitrogen and oxygen atoms in total. The third-order valence-corrected chi connectivity index (χ3v) is 9.45. The van der Waals surface area contributed by atoms with Crippen LogP contribution in [-0.2, 0) is 44.9 Å². The number of allylic oxidation sites excluding steroid dienone is 1. The number of thiol groups is 1. The van der Waals surface area contributed by atoms with E-state index < -0.39 is 17.9 Å². The molecule has 2 aromatic heterocycles. The Kier molecular flexibility index (Phi) is 10.5. The van der Waals surface area contributed by atoms with Crippen LogP contribution in [0.1, 0.15) is 71.7 Å². The molecule has 0 radical (unpaired) electrons. The predicted octanol–water partition coefficient (Wildman–Crippen LogP) is 3.14. The number of aromatic nitrogens is 2. The number of aliphatic hydroxyl groups excluding tert-OH is 1. The summed E-state index contributed by atoms with van der Waals surface area (Å²) >= 11 is 4.57. The molecule has 4 atom stereocenters. The van der Waals surface area contributed by atoms with Crippen LogP contribution in [-0.4, -0.2) is 66.9 Å². The maximum Gasteiger partial charge on any atom is 0.303 e. The lowest BCUT2D eigenvalue weighted by molar-refractivity contribution is -0.138. The Labute approximate surface area is 267 Å². The second-order valence-electron chi connectivity index (χ2n) is 11.9. The van der Waals surface area contributed by atoms with Gasteiger partial charge in [0.1, 0.15) is 0 Å². The number of carboxylic acids is 2. The van der Waals surface area contributed by atoms with Crippen molar-refractivity contribution in [1.82, 2.24) is 20.6 Å². The molecule has 2 aromatic rings. The van der Waals surface area contributed by atoms with E-state index in [0.717, 1.165) is 44.9 Å². The lowest BCUT2D eigenvalue weighted by Crippen LogP contribution is -2.30. The van der Waals surface area contributed by atoms with Gasteiger partial charge in [0.05, 0.1) is 18.6 Å². The van der Waals surface area contributed by atoms with Gasteiger partial charge in [-0.2, -0.15) is 12.6 Å². The summed E-state index contributed by atoms with van der Waals surface area (Å²) in [6, 6.07) is -0.230. The van der Waals surface area contributed by atoms with E-state index in [1.807, 2.05) is 33.8 Å². The van der Waals surface area contributed by atoms with Crippen molar-refractivity contribution < 1.29 is 34.5 Å². The van der Waals surface area contributed by atoms with Crippen LogP contribution < -0.4 is 10.6 Å². The number of H-pyrrole nitrogens is 2. The zero-order chi connectivity index (χ0) is 33.2. The van der Waals surface area contributed by atoms with E-state index in [0.29, 0.717) is 36.2 Å². The number of hydrogen-bond donors (Lipinski definition) is 8.